The largest absolute Gasteiger partial charge is 0.493 e. The summed E-state index contributed by atoms with van der Waals surface area (Å²) in [5.41, 5.74) is -0.675. The zero-order chi connectivity index (χ0) is 15.5. The molecule has 1 aromatic rings. The van der Waals surface area contributed by atoms with Gasteiger partial charge in [0.1, 0.15) is 5.60 Å². The first kappa shape index (κ1) is 15.1. The number of hydrogen-bond acceptors (Lipinski definition) is 6. The Morgan fingerprint density at radius 3 is 2.52 bits per heavy atom. The molecule has 1 fully saturated rings. The van der Waals surface area contributed by atoms with E-state index >= 15 is 0 Å². The van der Waals surface area contributed by atoms with Gasteiger partial charge >= 0.3 is 5.97 Å². The molecular formula is C14H17NO6. The van der Waals surface area contributed by atoms with Crippen molar-refractivity contribution in [3.8, 4) is 11.5 Å². The first-order valence-corrected chi connectivity index (χ1v) is 6.58. The molecule has 1 aliphatic rings. The summed E-state index contributed by atoms with van der Waals surface area (Å²) >= 11 is 0. The van der Waals surface area contributed by atoms with E-state index in [0.717, 1.165) is 19.3 Å². The van der Waals surface area contributed by atoms with Gasteiger partial charge in [-0.3, -0.25) is 14.9 Å². The van der Waals surface area contributed by atoms with Crippen LogP contribution in [0.5, 0.6) is 11.5 Å². The number of methoxy groups -OCH3 is 2. The van der Waals surface area contributed by atoms with Crippen LogP contribution in [0.25, 0.3) is 0 Å². The lowest BCUT2D eigenvalue weighted by atomic mass is 9.77. The van der Waals surface area contributed by atoms with Crippen molar-refractivity contribution in [2.75, 3.05) is 14.2 Å². The minimum Gasteiger partial charge on any atom is -0.493 e. The van der Waals surface area contributed by atoms with Crippen molar-refractivity contribution in [1.82, 2.24) is 0 Å². The Kier molecular flexibility index (Phi) is 4.30. The Labute approximate surface area is 122 Å². The van der Waals surface area contributed by atoms with Gasteiger partial charge in [-0.25, -0.2) is 0 Å². The minimum absolute atomic E-state index is 0.0742. The maximum atomic E-state index is 11.5. The molecule has 0 aliphatic heterocycles. The molecule has 1 saturated carbocycles. The smallest absolute Gasteiger partial charge is 0.309 e. The number of carbonyl (C=O) groups excluding carboxylic acids is 1. The van der Waals surface area contributed by atoms with Crippen molar-refractivity contribution >= 4 is 11.7 Å². The molecule has 0 radical (unpaired) electrons. The number of benzene rings is 1. The van der Waals surface area contributed by atoms with Gasteiger partial charge in [0.05, 0.1) is 31.6 Å². The van der Waals surface area contributed by atoms with Crippen molar-refractivity contribution in [1.29, 1.82) is 0 Å². The Bertz CT molecular complexity index is 552. The number of ether oxygens (including phenoxy) is 3. The fourth-order valence-electron chi connectivity index (χ4n) is 2.31. The summed E-state index contributed by atoms with van der Waals surface area (Å²) in [6, 6.07) is 4.15. The van der Waals surface area contributed by atoms with Crippen molar-refractivity contribution in [2.24, 2.45) is 0 Å². The molecule has 114 valence electrons. The first-order chi connectivity index (χ1) is 9.99. The summed E-state index contributed by atoms with van der Waals surface area (Å²) in [6.07, 6.45) is 2.60. The number of nitro benzene ring substituents is 1. The van der Waals surface area contributed by atoms with Gasteiger partial charge in [0.2, 0.25) is 0 Å². The molecule has 0 bridgehead atoms. The zero-order valence-electron chi connectivity index (χ0n) is 12.0. The highest BCUT2D eigenvalue weighted by Crippen LogP contribution is 2.43. The average Bonchev–Trinajstić information content (AvgIpc) is 2.44. The average molecular weight is 295 g/mol. The van der Waals surface area contributed by atoms with Crippen LogP contribution in [-0.2, 0) is 9.53 Å². The highest BCUT2D eigenvalue weighted by atomic mass is 16.6. The molecule has 0 atom stereocenters. The Morgan fingerprint density at radius 2 is 2.05 bits per heavy atom. The maximum Gasteiger partial charge on any atom is 0.309 e. The van der Waals surface area contributed by atoms with E-state index in [1.807, 2.05) is 0 Å². The zero-order valence-corrected chi connectivity index (χ0v) is 12.0. The van der Waals surface area contributed by atoms with Crippen LogP contribution in [0, 0.1) is 10.1 Å². The molecule has 1 aromatic carbocycles. The van der Waals surface area contributed by atoms with Crippen molar-refractivity contribution in [2.45, 2.75) is 31.3 Å². The van der Waals surface area contributed by atoms with Crippen LogP contribution < -0.4 is 9.47 Å². The molecule has 0 unspecified atom stereocenters. The second kappa shape index (κ2) is 5.99. The van der Waals surface area contributed by atoms with Crippen LogP contribution >= 0.6 is 0 Å². The number of nitrogens with zero attached hydrogens (tertiary/aromatic N) is 1. The second-order valence-electron chi connectivity index (χ2n) is 4.98. The Balaban J connectivity index is 2.21. The predicted octanol–water partition coefficient (Wildman–Crippen LogP) is 2.47. The fraction of sp³-hybridized carbons (Fsp3) is 0.500. The molecule has 0 amide bonds. The summed E-state index contributed by atoms with van der Waals surface area (Å²) in [4.78, 5) is 21.8. The van der Waals surface area contributed by atoms with Crippen LogP contribution in [0.3, 0.4) is 0 Å². The third-order valence-electron chi connectivity index (χ3n) is 3.64. The SMILES string of the molecule is COC(=O)CC1(Oc2ccc([N+](=O)[O-])cc2OC)CCC1. The van der Waals surface area contributed by atoms with Gasteiger partial charge < -0.3 is 14.2 Å². The van der Waals surface area contributed by atoms with Crippen LogP contribution in [0.4, 0.5) is 5.69 Å². The highest BCUT2D eigenvalue weighted by molar-refractivity contribution is 5.71. The number of hydrogen-bond donors (Lipinski definition) is 0. The summed E-state index contributed by atoms with van der Waals surface area (Å²) in [6.45, 7) is 0. The molecule has 21 heavy (non-hydrogen) atoms. The molecule has 1 aliphatic carbocycles. The van der Waals surface area contributed by atoms with Gasteiger partial charge in [0.15, 0.2) is 11.5 Å². The summed E-state index contributed by atoms with van der Waals surface area (Å²) in [7, 11) is 2.75. The van der Waals surface area contributed by atoms with E-state index in [4.69, 9.17) is 9.47 Å². The third-order valence-corrected chi connectivity index (χ3v) is 3.64. The van der Waals surface area contributed by atoms with Crippen molar-refractivity contribution in [3.05, 3.63) is 28.3 Å². The van der Waals surface area contributed by atoms with E-state index in [9.17, 15) is 14.9 Å². The van der Waals surface area contributed by atoms with Crippen LogP contribution in [0.2, 0.25) is 0 Å². The van der Waals surface area contributed by atoms with Gasteiger partial charge in [0, 0.05) is 6.07 Å². The van der Waals surface area contributed by atoms with E-state index in [2.05, 4.69) is 4.74 Å². The second-order valence-corrected chi connectivity index (χ2v) is 4.98. The van der Waals surface area contributed by atoms with Crippen molar-refractivity contribution < 1.29 is 23.9 Å². The number of esters is 1. The summed E-state index contributed by atoms with van der Waals surface area (Å²) in [5.74, 6) is 0.336. The Morgan fingerprint density at radius 1 is 1.33 bits per heavy atom. The topological polar surface area (TPSA) is 87.9 Å². The lowest BCUT2D eigenvalue weighted by Gasteiger charge is -2.41. The molecule has 0 N–H and O–H groups in total. The van der Waals surface area contributed by atoms with E-state index < -0.39 is 10.5 Å². The Hall–Kier alpha value is -2.31. The normalized spacial score (nSPS) is 15.7. The van der Waals surface area contributed by atoms with E-state index in [-0.39, 0.29) is 23.8 Å². The van der Waals surface area contributed by atoms with E-state index in [1.54, 1.807) is 0 Å². The number of carbonyl (C=O) groups is 1. The van der Waals surface area contributed by atoms with Gasteiger partial charge in [0.25, 0.3) is 5.69 Å². The molecule has 0 heterocycles. The summed E-state index contributed by atoms with van der Waals surface area (Å²) < 4.78 is 15.7. The first-order valence-electron chi connectivity index (χ1n) is 6.58. The molecule has 0 aromatic heterocycles. The number of rotatable bonds is 6. The van der Waals surface area contributed by atoms with E-state index in [1.165, 1.54) is 32.4 Å². The lowest BCUT2D eigenvalue weighted by Crippen LogP contribution is -2.45. The van der Waals surface area contributed by atoms with Crippen molar-refractivity contribution in [3.63, 3.8) is 0 Å². The van der Waals surface area contributed by atoms with Crippen LogP contribution in [0.1, 0.15) is 25.7 Å². The maximum absolute atomic E-state index is 11.5. The van der Waals surface area contributed by atoms with Gasteiger partial charge in [-0.2, -0.15) is 0 Å². The monoisotopic (exact) mass is 295 g/mol. The van der Waals surface area contributed by atoms with Gasteiger partial charge in [-0.15, -0.1) is 0 Å². The van der Waals surface area contributed by atoms with E-state index in [0.29, 0.717) is 5.75 Å². The minimum atomic E-state index is -0.601. The highest BCUT2D eigenvalue weighted by Gasteiger charge is 2.42. The lowest BCUT2D eigenvalue weighted by molar-refractivity contribution is -0.385. The van der Waals surface area contributed by atoms with Crippen LogP contribution in [0.15, 0.2) is 18.2 Å². The van der Waals surface area contributed by atoms with Crippen LogP contribution in [-0.4, -0.2) is 30.7 Å². The molecule has 2 rings (SSSR count). The third kappa shape index (κ3) is 3.24. The number of nitro groups is 1. The molecule has 7 heteroatoms. The molecular weight excluding hydrogens is 278 g/mol. The van der Waals surface area contributed by atoms with Gasteiger partial charge in [-0.1, -0.05) is 0 Å². The predicted molar refractivity (Wildman–Crippen MR) is 73.5 cm³/mol. The molecule has 0 saturated heterocycles. The fourth-order valence-corrected chi connectivity index (χ4v) is 2.31. The van der Waals surface area contributed by atoms with Gasteiger partial charge in [-0.05, 0) is 25.3 Å². The standard InChI is InChI=1S/C14H17NO6/c1-19-12-8-10(15(17)18)4-5-11(12)21-14(6-3-7-14)9-13(16)20-2/h4-5,8H,3,6-7,9H2,1-2H3. The number of non-ortho nitro benzene ring substituents is 1. The quantitative estimate of drug-likeness (QED) is 0.455. The molecule has 7 nitrogen and oxygen atoms in total. The molecule has 0 spiro atoms. The summed E-state index contributed by atoms with van der Waals surface area (Å²) in [5, 5.41) is 10.8.